The molecule has 0 heterocycles. The Labute approximate surface area is 100 Å². The molecule has 0 aliphatic carbocycles. The van der Waals surface area contributed by atoms with Gasteiger partial charge in [0.25, 0.3) is 5.91 Å². The SMILES string of the molecule is Cc1c(O)cccc1C(=O)NCC(C)CCl. The summed E-state index contributed by atoms with van der Waals surface area (Å²) in [7, 11) is 0. The highest BCUT2D eigenvalue weighted by molar-refractivity contribution is 6.18. The fourth-order valence-corrected chi connectivity index (χ4v) is 1.40. The topological polar surface area (TPSA) is 49.3 Å². The van der Waals surface area contributed by atoms with Crippen molar-refractivity contribution in [2.45, 2.75) is 13.8 Å². The molecule has 0 saturated carbocycles. The second-order valence-corrected chi connectivity index (χ2v) is 4.23. The minimum Gasteiger partial charge on any atom is -0.508 e. The van der Waals surface area contributed by atoms with Crippen LogP contribution in [0.15, 0.2) is 18.2 Å². The molecule has 0 radical (unpaired) electrons. The van der Waals surface area contributed by atoms with Crippen molar-refractivity contribution in [3.8, 4) is 5.75 Å². The molecule has 0 bridgehead atoms. The summed E-state index contributed by atoms with van der Waals surface area (Å²) in [5.41, 5.74) is 1.10. The molecule has 2 N–H and O–H groups in total. The lowest BCUT2D eigenvalue weighted by atomic mass is 10.1. The smallest absolute Gasteiger partial charge is 0.251 e. The molecule has 1 rings (SSSR count). The first-order valence-electron chi connectivity index (χ1n) is 5.19. The average Bonchev–Trinajstić information content (AvgIpc) is 2.29. The van der Waals surface area contributed by atoms with Gasteiger partial charge in [0.05, 0.1) is 0 Å². The summed E-state index contributed by atoms with van der Waals surface area (Å²) in [6.45, 7) is 4.22. The molecule has 1 atom stereocenters. The van der Waals surface area contributed by atoms with Crippen LogP contribution < -0.4 is 5.32 Å². The zero-order valence-electron chi connectivity index (χ0n) is 9.46. The van der Waals surface area contributed by atoms with Gasteiger partial charge in [-0.2, -0.15) is 0 Å². The Hall–Kier alpha value is -1.22. The van der Waals surface area contributed by atoms with E-state index < -0.39 is 0 Å². The molecular weight excluding hydrogens is 226 g/mol. The third-order valence-electron chi connectivity index (χ3n) is 2.42. The van der Waals surface area contributed by atoms with Gasteiger partial charge in [-0.25, -0.2) is 0 Å². The largest absolute Gasteiger partial charge is 0.508 e. The lowest BCUT2D eigenvalue weighted by Gasteiger charge is -2.11. The van der Waals surface area contributed by atoms with Gasteiger partial charge in [-0.3, -0.25) is 4.79 Å². The van der Waals surface area contributed by atoms with Crippen molar-refractivity contribution in [2.24, 2.45) is 5.92 Å². The van der Waals surface area contributed by atoms with E-state index in [1.807, 2.05) is 6.92 Å². The van der Waals surface area contributed by atoms with Crippen LogP contribution in [0.5, 0.6) is 5.75 Å². The maximum absolute atomic E-state index is 11.8. The maximum atomic E-state index is 11.8. The number of phenolic OH excluding ortho intramolecular Hbond substituents is 1. The molecule has 1 amide bonds. The van der Waals surface area contributed by atoms with Crippen LogP contribution in [-0.2, 0) is 0 Å². The van der Waals surface area contributed by atoms with Gasteiger partial charge >= 0.3 is 0 Å². The quantitative estimate of drug-likeness (QED) is 0.795. The molecule has 0 spiro atoms. The van der Waals surface area contributed by atoms with Crippen LogP contribution in [0.25, 0.3) is 0 Å². The maximum Gasteiger partial charge on any atom is 0.251 e. The first kappa shape index (κ1) is 12.8. The lowest BCUT2D eigenvalue weighted by Crippen LogP contribution is -2.29. The van der Waals surface area contributed by atoms with Crippen LogP contribution in [0.4, 0.5) is 0 Å². The van der Waals surface area contributed by atoms with Crippen LogP contribution in [0.3, 0.4) is 0 Å². The van der Waals surface area contributed by atoms with E-state index in [4.69, 9.17) is 11.6 Å². The Morgan fingerprint density at radius 2 is 2.25 bits per heavy atom. The summed E-state index contributed by atoms with van der Waals surface area (Å²) in [6, 6.07) is 4.91. The Balaban J connectivity index is 2.70. The average molecular weight is 242 g/mol. The van der Waals surface area contributed by atoms with Crippen molar-refractivity contribution < 1.29 is 9.90 Å². The Kier molecular flexibility index (Phi) is 4.62. The van der Waals surface area contributed by atoms with Crippen molar-refractivity contribution in [1.29, 1.82) is 0 Å². The summed E-state index contributed by atoms with van der Waals surface area (Å²) in [6.07, 6.45) is 0. The summed E-state index contributed by atoms with van der Waals surface area (Å²) < 4.78 is 0. The Morgan fingerprint density at radius 1 is 1.56 bits per heavy atom. The molecular formula is C12H16ClNO2. The van der Waals surface area contributed by atoms with Crippen LogP contribution >= 0.6 is 11.6 Å². The number of carbonyl (C=O) groups is 1. The second-order valence-electron chi connectivity index (χ2n) is 3.92. The van der Waals surface area contributed by atoms with E-state index in [-0.39, 0.29) is 17.6 Å². The van der Waals surface area contributed by atoms with E-state index in [1.54, 1.807) is 25.1 Å². The molecule has 3 nitrogen and oxygen atoms in total. The van der Waals surface area contributed by atoms with Gasteiger partial charge < -0.3 is 10.4 Å². The molecule has 0 fully saturated rings. The minimum absolute atomic E-state index is 0.137. The second kappa shape index (κ2) is 5.75. The first-order chi connectivity index (χ1) is 7.56. The van der Waals surface area contributed by atoms with E-state index in [9.17, 15) is 9.90 Å². The number of nitrogens with one attached hydrogen (secondary N) is 1. The van der Waals surface area contributed by atoms with Gasteiger partial charge in [-0.05, 0) is 25.0 Å². The number of rotatable bonds is 4. The third-order valence-corrected chi connectivity index (χ3v) is 2.95. The monoisotopic (exact) mass is 241 g/mol. The van der Waals surface area contributed by atoms with Gasteiger partial charge in [0.2, 0.25) is 0 Å². The first-order valence-corrected chi connectivity index (χ1v) is 5.72. The van der Waals surface area contributed by atoms with E-state index in [2.05, 4.69) is 5.32 Å². The standard InChI is InChI=1S/C12H16ClNO2/c1-8(6-13)7-14-12(16)10-4-3-5-11(15)9(10)2/h3-5,8,15H,6-7H2,1-2H3,(H,14,16). The molecule has 1 aromatic carbocycles. The number of hydrogen-bond donors (Lipinski definition) is 2. The predicted octanol–water partition coefficient (Wildman–Crippen LogP) is 2.31. The number of amides is 1. The van der Waals surface area contributed by atoms with Gasteiger partial charge in [0.1, 0.15) is 5.75 Å². The molecule has 0 aromatic heterocycles. The van der Waals surface area contributed by atoms with Crippen LogP contribution in [0.1, 0.15) is 22.8 Å². The molecule has 88 valence electrons. The van der Waals surface area contributed by atoms with E-state index in [0.29, 0.717) is 23.6 Å². The molecule has 0 aliphatic heterocycles. The highest BCUT2D eigenvalue weighted by Gasteiger charge is 2.11. The molecule has 1 aromatic rings. The number of carbonyl (C=O) groups excluding carboxylic acids is 1. The molecule has 16 heavy (non-hydrogen) atoms. The normalized spacial score (nSPS) is 12.2. The van der Waals surface area contributed by atoms with Crippen LogP contribution in [0, 0.1) is 12.8 Å². The number of alkyl halides is 1. The fourth-order valence-electron chi connectivity index (χ4n) is 1.29. The van der Waals surface area contributed by atoms with Gasteiger partial charge in [-0.1, -0.05) is 13.0 Å². The summed E-state index contributed by atoms with van der Waals surface area (Å²) >= 11 is 5.65. The lowest BCUT2D eigenvalue weighted by molar-refractivity contribution is 0.0948. The Bertz CT molecular complexity index is 379. The number of hydrogen-bond acceptors (Lipinski definition) is 2. The zero-order valence-corrected chi connectivity index (χ0v) is 10.2. The van der Waals surface area contributed by atoms with Crippen LogP contribution in [-0.4, -0.2) is 23.4 Å². The summed E-state index contributed by atoms with van der Waals surface area (Å²) in [5, 5.41) is 12.3. The van der Waals surface area contributed by atoms with Crippen molar-refractivity contribution in [3.05, 3.63) is 29.3 Å². The van der Waals surface area contributed by atoms with Gasteiger partial charge in [-0.15, -0.1) is 11.6 Å². The highest BCUT2D eigenvalue weighted by atomic mass is 35.5. The number of halogens is 1. The molecule has 0 aliphatic rings. The molecule has 0 saturated heterocycles. The van der Waals surface area contributed by atoms with Crippen molar-refractivity contribution in [2.75, 3.05) is 12.4 Å². The Morgan fingerprint density at radius 3 is 2.88 bits per heavy atom. The van der Waals surface area contributed by atoms with E-state index in [1.165, 1.54) is 0 Å². The van der Waals surface area contributed by atoms with Gasteiger partial charge in [0, 0.05) is 23.6 Å². The zero-order chi connectivity index (χ0) is 12.1. The summed E-state index contributed by atoms with van der Waals surface area (Å²) in [4.78, 5) is 11.8. The van der Waals surface area contributed by atoms with E-state index in [0.717, 1.165) is 0 Å². The molecule has 1 unspecified atom stereocenters. The van der Waals surface area contributed by atoms with Crippen molar-refractivity contribution in [1.82, 2.24) is 5.32 Å². The highest BCUT2D eigenvalue weighted by Crippen LogP contribution is 2.19. The van der Waals surface area contributed by atoms with E-state index >= 15 is 0 Å². The number of aromatic hydroxyl groups is 1. The van der Waals surface area contributed by atoms with Crippen molar-refractivity contribution in [3.63, 3.8) is 0 Å². The summed E-state index contributed by atoms with van der Waals surface area (Å²) in [5.74, 6) is 0.714. The number of benzene rings is 1. The predicted molar refractivity (Wildman–Crippen MR) is 65.1 cm³/mol. The van der Waals surface area contributed by atoms with Gasteiger partial charge in [0.15, 0.2) is 0 Å². The van der Waals surface area contributed by atoms with Crippen LogP contribution in [0.2, 0.25) is 0 Å². The minimum atomic E-state index is -0.176. The third kappa shape index (κ3) is 3.14. The van der Waals surface area contributed by atoms with Crippen molar-refractivity contribution >= 4 is 17.5 Å². The number of phenols is 1. The molecule has 4 heteroatoms. The fraction of sp³-hybridized carbons (Fsp3) is 0.417.